The zero-order valence-electron chi connectivity index (χ0n) is 19.3. The lowest BCUT2D eigenvalue weighted by Gasteiger charge is -2.14. The highest BCUT2D eigenvalue weighted by Crippen LogP contribution is 2.41. The molecule has 3 aromatic heterocycles. The van der Waals surface area contributed by atoms with Crippen molar-refractivity contribution in [1.29, 1.82) is 0 Å². The molecule has 1 amide bonds. The predicted octanol–water partition coefficient (Wildman–Crippen LogP) is 4.79. The summed E-state index contributed by atoms with van der Waals surface area (Å²) in [7, 11) is 1.62. The Hall–Kier alpha value is -3.68. The van der Waals surface area contributed by atoms with E-state index in [4.69, 9.17) is 9.26 Å². The van der Waals surface area contributed by atoms with Crippen molar-refractivity contribution in [1.82, 2.24) is 25.2 Å². The van der Waals surface area contributed by atoms with Gasteiger partial charge < -0.3 is 14.6 Å². The van der Waals surface area contributed by atoms with Crippen molar-refractivity contribution in [3.05, 3.63) is 59.0 Å². The van der Waals surface area contributed by atoms with Gasteiger partial charge in [-0.05, 0) is 63.9 Å². The Labute approximate surface area is 191 Å². The molecular formula is C25H27N5O3. The number of hydrogen-bond donors (Lipinski definition) is 1. The van der Waals surface area contributed by atoms with E-state index in [1.54, 1.807) is 7.11 Å². The van der Waals surface area contributed by atoms with E-state index in [0.717, 1.165) is 47.7 Å². The normalized spacial score (nSPS) is 14.4. The van der Waals surface area contributed by atoms with Crippen LogP contribution in [0.25, 0.3) is 22.4 Å². The number of fused-ring (bicyclic) bond motifs is 1. The Morgan fingerprint density at radius 2 is 2.06 bits per heavy atom. The van der Waals surface area contributed by atoms with Crippen molar-refractivity contribution in [3.63, 3.8) is 0 Å². The first-order chi connectivity index (χ1) is 16.0. The number of nitrogens with one attached hydrogen (secondary N) is 1. The molecule has 8 heteroatoms. The molecule has 33 heavy (non-hydrogen) atoms. The molecule has 1 saturated carbocycles. The number of aryl methyl sites for hydroxylation is 2. The number of rotatable bonds is 7. The van der Waals surface area contributed by atoms with Crippen molar-refractivity contribution in [2.24, 2.45) is 0 Å². The number of carbonyl (C=O) groups is 1. The Morgan fingerprint density at radius 1 is 1.30 bits per heavy atom. The first-order valence-corrected chi connectivity index (χ1v) is 11.3. The van der Waals surface area contributed by atoms with Crippen LogP contribution in [0.1, 0.15) is 66.0 Å². The average molecular weight is 446 g/mol. The standard InChI is InChI=1S/C25H27N5O3/c1-5-30-13-20(15(3)28-30)14(2)26-24(31)19-12-21(16-6-7-16)27-25-22(19)23(29-33-25)17-8-10-18(32-4)11-9-17/h8-14,16H,5-7H2,1-4H3,(H,26,31)/t14-/m1/s1. The summed E-state index contributed by atoms with van der Waals surface area (Å²) in [5.74, 6) is 0.937. The summed E-state index contributed by atoms with van der Waals surface area (Å²) in [4.78, 5) is 18.2. The summed E-state index contributed by atoms with van der Waals surface area (Å²) in [5.41, 5.74) is 5.13. The number of nitrogens with zero attached hydrogens (tertiary/aromatic N) is 4. The largest absolute Gasteiger partial charge is 0.497 e. The molecule has 0 radical (unpaired) electrons. The van der Waals surface area contributed by atoms with Crippen molar-refractivity contribution >= 4 is 17.0 Å². The van der Waals surface area contributed by atoms with Gasteiger partial charge in [0.15, 0.2) is 0 Å². The zero-order chi connectivity index (χ0) is 23.1. The summed E-state index contributed by atoms with van der Waals surface area (Å²) in [6.45, 7) is 6.75. The van der Waals surface area contributed by atoms with Crippen molar-refractivity contribution in [3.8, 4) is 17.0 Å². The molecule has 0 unspecified atom stereocenters. The van der Waals surface area contributed by atoms with Crippen molar-refractivity contribution in [2.75, 3.05) is 7.11 Å². The van der Waals surface area contributed by atoms with Crippen LogP contribution in [0.4, 0.5) is 0 Å². The Bertz CT molecular complexity index is 1320. The van der Waals surface area contributed by atoms with Gasteiger partial charge in [-0.25, -0.2) is 4.98 Å². The van der Waals surface area contributed by atoms with Crippen LogP contribution < -0.4 is 10.1 Å². The van der Waals surface area contributed by atoms with Gasteiger partial charge in [0, 0.05) is 35.5 Å². The molecule has 170 valence electrons. The Morgan fingerprint density at radius 3 is 2.70 bits per heavy atom. The second-order valence-corrected chi connectivity index (χ2v) is 8.53. The van der Waals surface area contributed by atoms with E-state index in [1.807, 2.05) is 62.0 Å². The summed E-state index contributed by atoms with van der Waals surface area (Å²) in [6.07, 6.45) is 4.13. The molecule has 1 fully saturated rings. The van der Waals surface area contributed by atoms with Gasteiger partial charge in [-0.2, -0.15) is 5.10 Å². The number of aromatic nitrogens is 4. The highest BCUT2D eigenvalue weighted by atomic mass is 16.5. The summed E-state index contributed by atoms with van der Waals surface area (Å²) < 4.78 is 12.8. The van der Waals surface area contributed by atoms with Gasteiger partial charge in [-0.3, -0.25) is 9.48 Å². The number of ether oxygens (including phenoxy) is 1. The maximum atomic E-state index is 13.6. The van der Waals surface area contributed by atoms with Crippen LogP contribution in [-0.4, -0.2) is 32.9 Å². The lowest BCUT2D eigenvalue weighted by Crippen LogP contribution is -2.27. The maximum Gasteiger partial charge on any atom is 0.259 e. The third kappa shape index (κ3) is 3.97. The molecule has 1 aromatic carbocycles. The number of amides is 1. The van der Waals surface area contributed by atoms with Gasteiger partial charge >= 0.3 is 0 Å². The second kappa shape index (κ2) is 8.35. The number of benzene rings is 1. The predicted molar refractivity (Wildman–Crippen MR) is 124 cm³/mol. The fraction of sp³-hybridized carbons (Fsp3) is 0.360. The number of hydrogen-bond acceptors (Lipinski definition) is 6. The molecule has 1 N–H and O–H groups in total. The zero-order valence-corrected chi connectivity index (χ0v) is 19.3. The molecule has 0 spiro atoms. The Kier molecular flexibility index (Phi) is 5.36. The highest BCUT2D eigenvalue weighted by Gasteiger charge is 2.30. The molecule has 4 aromatic rings. The third-order valence-electron chi connectivity index (χ3n) is 6.19. The molecule has 0 bridgehead atoms. The smallest absolute Gasteiger partial charge is 0.259 e. The fourth-order valence-electron chi connectivity index (χ4n) is 4.16. The van der Waals surface area contributed by atoms with Crippen LogP contribution in [0.2, 0.25) is 0 Å². The van der Waals surface area contributed by atoms with E-state index >= 15 is 0 Å². The van der Waals surface area contributed by atoms with Crippen LogP contribution in [-0.2, 0) is 6.54 Å². The van der Waals surface area contributed by atoms with E-state index in [9.17, 15) is 4.79 Å². The van der Waals surface area contributed by atoms with E-state index < -0.39 is 0 Å². The molecule has 5 rings (SSSR count). The van der Waals surface area contributed by atoms with E-state index in [2.05, 4.69) is 20.6 Å². The molecule has 8 nitrogen and oxygen atoms in total. The van der Waals surface area contributed by atoms with E-state index in [0.29, 0.717) is 28.3 Å². The first-order valence-electron chi connectivity index (χ1n) is 11.3. The summed E-state index contributed by atoms with van der Waals surface area (Å²) >= 11 is 0. The monoisotopic (exact) mass is 445 g/mol. The molecule has 0 aliphatic heterocycles. The maximum absolute atomic E-state index is 13.6. The average Bonchev–Trinajstić information content (AvgIpc) is 3.48. The summed E-state index contributed by atoms with van der Waals surface area (Å²) in [5, 5.41) is 12.6. The number of pyridine rings is 1. The van der Waals surface area contributed by atoms with Crippen molar-refractivity contribution < 1.29 is 14.1 Å². The van der Waals surface area contributed by atoms with Crippen LogP contribution in [0.3, 0.4) is 0 Å². The lowest BCUT2D eigenvalue weighted by molar-refractivity contribution is 0.0941. The Balaban J connectivity index is 1.55. The minimum Gasteiger partial charge on any atom is -0.497 e. The van der Waals surface area contributed by atoms with Gasteiger partial charge in [-0.1, -0.05) is 5.16 Å². The van der Waals surface area contributed by atoms with Gasteiger partial charge in [0.2, 0.25) is 0 Å². The molecule has 3 heterocycles. The SMILES string of the molecule is CCn1cc([C@@H](C)NC(=O)c2cc(C3CC3)nc3onc(-c4ccc(OC)cc4)c23)c(C)n1. The van der Waals surface area contributed by atoms with Gasteiger partial charge in [0.1, 0.15) is 11.4 Å². The fourth-order valence-corrected chi connectivity index (χ4v) is 4.16. The lowest BCUT2D eigenvalue weighted by atomic mass is 10.0. The van der Waals surface area contributed by atoms with Crippen LogP contribution in [0.15, 0.2) is 41.1 Å². The van der Waals surface area contributed by atoms with Gasteiger partial charge in [0.25, 0.3) is 11.6 Å². The molecule has 1 aliphatic rings. The third-order valence-corrected chi connectivity index (χ3v) is 6.19. The number of carbonyl (C=O) groups excluding carboxylic acids is 1. The highest BCUT2D eigenvalue weighted by molar-refractivity contribution is 6.09. The van der Waals surface area contributed by atoms with E-state index in [-0.39, 0.29) is 11.9 Å². The summed E-state index contributed by atoms with van der Waals surface area (Å²) in [6, 6.07) is 9.22. The topological polar surface area (TPSA) is 95.1 Å². The van der Waals surface area contributed by atoms with Crippen molar-refractivity contribution in [2.45, 2.75) is 52.1 Å². The second-order valence-electron chi connectivity index (χ2n) is 8.53. The minimum atomic E-state index is -0.199. The molecular weight excluding hydrogens is 418 g/mol. The van der Waals surface area contributed by atoms with Crippen LogP contribution in [0, 0.1) is 6.92 Å². The first kappa shape index (κ1) is 21.2. The molecule has 0 saturated heterocycles. The van der Waals surface area contributed by atoms with Crippen LogP contribution in [0.5, 0.6) is 5.75 Å². The molecule has 1 aliphatic carbocycles. The van der Waals surface area contributed by atoms with E-state index in [1.165, 1.54) is 0 Å². The molecule has 1 atom stereocenters. The van der Waals surface area contributed by atoms with Crippen LogP contribution >= 0.6 is 0 Å². The van der Waals surface area contributed by atoms with Gasteiger partial charge in [0.05, 0.1) is 29.8 Å². The minimum absolute atomic E-state index is 0.182. The van der Waals surface area contributed by atoms with Gasteiger partial charge in [-0.15, -0.1) is 0 Å². The number of methoxy groups -OCH3 is 1. The quantitative estimate of drug-likeness (QED) is 0.439.